The fraction of sp³-hybridized carbons (Fsp3) is 0.222. The minimum Gasteiger partial charge on any atom is -0.293 e. The van der Waals surface area contributed by atoms with Gasteiger partial charge in [0.1, 0.15) is 11.3 Å². The molecule has 0 amide bonds. The topological polar surface area (TPSA) is 17.3 Å². The number of halogens is 3. The predicted molar refractivity (Wildman–Crippen MR) is 44.9 cm³/mol. The molecule has 0 saturated heterocycles. The first-order chi connectivity index (χ1) is 6.50. The van der Waals surface area contributed by atoms with Crippen LogP contribution in [0.3, 0.4) is 0 Å². The van der Waals surface area contributed by atoms with Gasteiger partial charge in [0.15, 0.2) is 0 Å². The number of aromatic nitrogens is 2. The van der Waals surface area contributed by atoms with Crippen LogP contribution in [0.4, 0.5) is 13.2 Å². The molecular weight excluding hydrogens is 193 g/mol. The van der Waals surface area contributed by atoms with Crippen LogP contribution in [0.1, 0.15) is 11.4 Å². The second kappa shape index (κ2) is 2.73. The van der Waals surface area contributed by atoms with Crippen LogP contribution in [0, 0.1) is 6.92 Å². The van der Waals surface area contributed by atoms with Crippen molar-refractivity contribution in [3.8, 4) is 0 Å². The monoisotopic (exact) mass is 200 g/mol. The molecule has 0 aliphatic carbocycles. The highest BCUT2D eigenvalue weighted by Crippen LogP contribution is 2.30. The van der Waals surface area contributed by atoms with Crippen molar-refractivity contribution in [1.82, 2.24) is 9.38 Å². The molecule has 0 bridgehead atoms. The van der Waals surface area contributed by atoms with Gasteiger partial charge in [-0.2, -0.15) is 13.2 Å². The lowest BCUT2D eigenvalue weighted by Crippen LogP contribution is -2.11. The molecular formula is C9H7F3N2. The fourth-order valence-electron chi connectivity index (χ4n) is 1.41. The quantitative estimate of drug-likeness (QED) is 0.639. The van der Waals surface area contributed by atoms with Crippen molar-refractivity contribution in [2.45, 2.75) is 13.1 Å². The van der Waals surface area contributed by atoms with Crippen molar-refractivity contribution in [3.05, 3.63) is 35.8 Å². The molecule has 0 unspecified atom stereocenters. The molecule has 0 atom stereocenters. The van der Waals surface area contributed by atoms with Gasteiger partial charge in [0.25, 0.3) is 0 Å². The standard InChI is InChI=1S/C9H7F3N2/c1-6-5-13-8-4-2-3-7(14(6)8)9(10,11)12/h2-5H,1H3. The summed E-state index contributed by atoms with van der Waals surface area (Å²) in [5, 5.41) is 0. The van der Waals surface area contributed by atoms with Crippen LogP contribution >= 0.6 is 0 Å². The van der Waals surface area contributed by atoms with E-state index < -0.39 is 11.9 Å². The van der Waals surface area contributed by atoms with Crippen molar-refractivity contribution in [3.63, 3.8) is 0 Å². The van der Waals surface area contributed by atoms with Gasteiger partial charge < -0.3 is 0 Å². The smallest absolute Gasteiger partial charge is 0.293 e. The van der Waals surface area contributed by atoms with Crippen LogP contribution < -0.4 is 0 Å². The van der Waals surface area contributed by atoms with E-state index in [-0.39, 0.29) is 0 Å². The molecule has 0 spiro atoms. The maximum Gasteiger partial charge on any atom is 0.431 e. The van der Waals surface area contributed by atoms with E-state index in [4.69, 9.17) is 0 Å². The molecule has 2 aromatic rings. The molecule has 5 heteroatoms. The van der Waals surface area contributed by atoms with Crippen LogP contribution in [-0.4, -0.2) is 9.38 Å². The van der Waals surface area contributed by atoms with Gasteiger partial charge in [0.2, 0.25) is 0 Å². The molecule has 14 heavy (non-hydrogen) atoms. The van der Waals surface area contributed by atoms with E-state index >= 15 is 0 Å². The third kappa shape index (κ3) is 1.25. The number of imidazole rings is 1. The Morgan fingerprint density at radius 2 is 2.00 bits per heavy atom. The Balaban J connectivity index is 2.82. The third-order valence-corrected chi connectivity index (χ3v) is 2.00. The molecule has 0 fully saturated rings. The van der Waals surface area contributed by atoms with Crippen molar-refractivity contribution in [2.75, 3.05) is 0 Å². The zero-order valence-electron chi connectivity index (χ0n) is 7.34. The van der Waals surface area contributed by atoms with Gasteiger partial charge in [-0.15, -0.1) is 0 Å². The number of fused-ring (bicyclic) bond motifs is 1. The number of hydrogen-bond donors (Lipinski definition) is 0. The lowest BCUT2D eigenvalue weighted by Gasteiger charge is -2.09. The van der Waals surface area contributed by atoms with Gasteiger partial charge in [0.05, 0.1) is 0 Å². The van der Waals surface area contributed by atoms with E-state index in [0.717, 1.165) is 10.5 Å². The van der Waals surface area contributed by atoms with Gasteiger partial charge in [0, 0.05) is 11.9 Å². The molecule has 74 valence electrons. The highest BCUT2D eigenvalue weighted by molar-refractivity contribution is 5.42. The Labute approximate surface area is 78.0 Å². The van der Waals surface area contributed by atoms with Crippen molar-refractivity contribution < 1.29 is 13.2 Å². The Kier molecular flexibility index (Phi) is 1.77. The number of rotatable bonds is 0. The van der Waals surface area contributed by atoms with E-state index in [1.54, 1.807) is 13.0 Å². The van der Waals surface area contributed by atoms with E-state index in [2.05, 4.69) is 4.98 Å². The highest BCUT2D eigenvalue weighted by atomic mass is 19.4. The fourth-order valence-corrected chi connectivity index (χ4v) is 1.41. The second-order valence-corrected chi connectivity index (χ2v) is 3.00. The Bertz CT molecular complexity index is 470. The first-order valence-corrected chi connectivity index (χ1v) is 4.00. The molecule has 0 aliphatic rings. The normalized spacial score (nSPS) is 12.3. The average molecular weight is 200 g/mol. The summed E-state index contributed by atoms with van der Waals surface area (Å²) in [4.78, 5) is 3.86. The van der Waals surface area contributed by atoms with Gasteiger partial charge in [-0.3, -0.25) is 4.40 Å². The summed E-state index contributed by atoms with van der Waals surface area (Å²) in [6.45, 7) is 1.59. The van der Waals surface area contributed by atoms with Crippen LogP contribution in [0.2, 0.25) is 0 Å². The first kappa shape index (κ1) is 9.05. The van der Waals surface area contributed by atoms with Gasteiger partial charge >= 0.3 is 6.18 Å². The van der Waals surface area contributed by atoms with Crippen LogP contribution in [0.25, 0.3) is 5.65 Å². The number of nitrogens with zero attached hydrogens (tertiary/aromatic N) is 2. The maximum atomic E-state index is 12.5. The van der Waals surface area contributed by atoms with E-state index in [9.17, 15) is 13.2 Å². The molecule has 0 saturated carbocycles. The summed E-state index contributed by atoms with van der Waals surface area (Å²) >= 11 is 0. The average Bonchev–Trinajstić information content (AvgIpc) is 2.46. The molecule has 0 aliphatic heterocycles. The molecule has 2 rings (SSSR count). The number of hydrogen-bond acceptors (Lipinski definition) is 1. The minimum absolute atomic E-state index is 0.317. The van der Waals surface area contributed by atoms with Crippen LogP contribution in [-0.2, 0) is 6.18 Å². The van der Waals surface area contributed by atoms with Gasteiger partial charge in [-0.1, -0.05) is 6.07 Å². The lowest BCUT2D eigenvalue weighted by molar-refractivity contribution is -0.142. The summed E-state index contributed by atoms with van der Waals surface area (Å²) in [7, 11) is 0. The van der Waals surface area contributed by atoms with Crippen LogP contribution in [0.5, 0.6) is 0 Å². The zero-order valence-corrected chi connectivity index (χ0v) is 7.34. The molecule has 0 N–H and O–H groups in total. The minimum atomic E-state index is -4.34. The van der Waals surface area contributed by atoms with Gasteiger partial charge in [-0.25, -0.2) is 4.98 Å². The van der Waals surface area contributed by atoms with Crippen molar-refractivity contribution in [2.24, 2.45) is 0 Å². The van der Waals surface area contributed by atoms with Crippen LogP contribution in [0.15, 0.2) is 24.4 Å². The molecule has 2 aromatic heterocycles. The Morgan fingerprint density at radius 1 is 1.29 bits per heavy atom. The van der Waals surface area contributed by atoms with E-state index in [1.165, 1.54) is 12.3 Å². The maximum absolute atomic E-state index is 12.5. The molecule has 0 radical (unpaired) electrons. The lowest BCUT2D eigenvalue weighted by atomic mass is 10.3. The Hall–Kier alpha value is -1.52. The Morgan fingerprint density at radius 3 is 2.64 bits per heavy atom. The summed E-state index contributed by atoms with van der Waals surface area (Å²) in [6, 6.07) is 3.94. The van der Waals surface area contributed by atoms with E-state index in [1.807, 2.05) is 0 Å². The van der Waals surface area contributed by atoms with Crippen molar-refractivity contribution >= 4 is 5.65 Å². The molecule has 2 nitrogen and oxygen atoms in total. The summed E-state index contributed by atoms with van der Waals surface area (Å²) in [5.74, 6) is 0. The third-order valence-electron chi connectivity index (χ3n) is 2.00. The summed E-state index contributed by atoms with van der Waals surface area (Å²) in [5.41, 5.74) is 0.107. The second-order valence-electron chi connectivity index (χ2n) is 3.00. The summed E-state index contributed by atoms with van der Waals surface area (Å²) < 4.78 is 38.7. The number of alkyl halides is 3. The highest BCUT2D eigenvalue weighted by Gasteiger charge is 2.33. The largest absolute Gasteiger partial charge is 0.431 e. The first-order valence-electron chi connectivity index (χ1n) is 4.00. The number of aryl methyl sites for hydroxylation is 1. The molecule has 2 heterocycles. The van der Waals surface area contributed by atoms with Crippen molar-refractivity contribution in [1.29, 1.82) is 0 Å². The van der Waals surface area contributed by atoms with E-state index in [0.29, 0.717) is 11.3 Å². The number of pyridine rings is 1. The predicted octanol–water partition coefficient (Wildman–Crippen LogP) is 2.66. The van der Waals surface area contributed by atoms with Gasteiger partial charge in [-0.05, 0) is 19.1 Å². The molecule has 0 aromatic carbocycles. The SMILES string of the molecule is Cc1cnc2cccc(C(F)(F)F)n12. The zero-order chi connectivity index (χ0) is 10.3. The summed E-state index contributed by atoms with van der Waals surface area (Å²) in [6.07, 6.45) is -2.92.